The summed E-state index contributed by atoms with van der Waals surface area (Å²) in [5, 5.41) is 7.84. The minimum absolute atomic E-state index is 0.156. The summed E-state index contributed by atoms with van der Waals surface area (Å²) >= 11 is 6.20. The van der Waals surface area contributed by atoms with Gasteiger partial charge in [0.25, 0.3) is 5.91 Å². The molecule has 1 N–H and O–H groups in total. The molecular formula is C18H18ClN5O2. The van der Waals surface area contributed by atoms with Crippen molar-refractivity contribution in [3.63, 3.8) is 0 Å². The first-order valence-electron chi connectivity index (χ1n) is 8.35. The maximum Gasteiger partial charge on any atom is 0.276 e. The summed E-state index contributed by atoms with van der Waals surface area (Å²) in [5.74, 6) is 1.13. The van der Waals surface area contributed by atoms with Gasteiger partial charge in [0.05, 0.1) is 5.02 Å². The van der Waals surface area contributed by atoms with Crippen LogP contribution in [0, 0.1) is 0 Å². The number of benzene rings is 1. The number of carbonyl (C=O) groups excluding carboxylic acids is 1. The van der Waals surface area contributed by atoms with Gasteiger partial charge in [-0.25, -0.2) is 4.98 Å². The SMILES string of the molecule is Cn1ccnc1C1CNCCN1C(=O)c1cc(-c2ccccc2Cl)on1. The summed E-state index contributed by atoms with van der Waals surface area (Å²) in [4.78, 5) is 19.2. The van der Waals surface area contributed by atoms with Gasteiger partial charge >= 0.3 is 0 Å². The maximum atomic E-state index is 13.1. The number of nitrogens with one attached hydrogen (secondary N) is 1. The molecule has 8 heteroatoms. The van der Waals surface area contributed by atoms with Crippen molar-refractivity contribution in [2.45, 2.75) is 6.04 Å². The van der Waals surface area contributed by atoms with Crippen LogP contribution in [0.5, 0.6) is 0 Å². The van der Waals surface area contributed by atoms with Crippen molar-refractivity contribution in [2.24, 2.45) is 7.05 Å². The number of hydrogen-bond donors (Lipinski definition) is 1. The molecule has 1 saturated heterocycles. The van der Waals surface area contributed by atoms with Gasteiger partial charge in [-0.2, -0.15) is 0 Å². The molecule has 3 heterocycles. The summed E-state index contributed by atoms with van der Waals surface area (Å²) in [6.45, 7) is 1.94. The van der Waals surface area contributed by atoms with Crippen LogP contribution in [0.4, 0.5) is 0 Å². The minimum atomic E-state index is -0.179. The Morgan fingerprint density at radius 1 is 1.38 bits per heavy atom. The molecule has 1 atom stereocenters. The predicted octanol–water partition coefficient (Wildman–Crippen LogP) is 2.52. The second kappa shape index (κ2) is 6.93. The van der Waals surface area contributed by atoms with Crippen molar-refractivity contribution in [2.75, 3.05) is 19.6 Å². The molecule has 1 aromatic carbocycles. The van der Waals surface area contributed by atoms with E-state index in [1.807, 2.05) is 36.0 Å². The second-order valence-electron chi connectivity index (χ2n) is 6.17. The number of amides is 1. The number of aromatic nitrogens is 3. The Balaban J connectivity index is 1.62. The Bertz CT molecular complexity index is 935. The first kappa shape index (κ1) is 16.8. The summed E-state index contributed by atoms with van der Waals surface area (Å²) < 4.78 is 7.30. The van der Waals surface area contributed by atoms with E-state index in [0.29, 0.717) is 29.4 Å². The molecule has 134 valence electrons. The highest BCUT2D eigenvalue weighted by Crippen LogP contribution is 2.29. The van der Waals surface area contributed by atoms with E-state index in [4.69, 9.17) is 16.1 Å². The van der Waals surface area contributed by atoms with Crippen LogP contribution in [0.15, 0.2) is 47.2 Å². The van der Waals surface area contributed by atoms with Gasteiger partial charge in [0.2, 0.25) is 0 Å². The second-order valence-corrected chi connectivity index (χ2v) is 6.58. The fraction of sp³-hybridized carbons (Fsp3) is 0.278. The third-order valence-electron chi connectivity index (χ3n) is 4.53. The van der Waals surface area contributed by atoms with Crippen LogP contribution in [-0.4, -0.2) is 45.1 Å². The van der Waals surface area contributed by atoms with Gasteiger partial charge in [0, 0.05) is 50.7 Å². The number of carbonyl (C=O) groups is 1. The number of piperazine rings is 1. The van der Waals surface area contributed by atoms with E-state index in [-0.39, 0.29) is 17.6 Å². The van der Waals surface area contributed by atoms with E-state index in [2.05, 4.69) is 15.5 Å². The zero-order valence-electron chi connectivity index (χ0n) is 14.2. The van der Waals surface area contributed by atoms with Crippen LogP contribution in [0.1, 0.15) is 22.4 Å². The van der Waals surface area contributed by atoms with E-state index < -0.39 is 0 Å². The van der Waals surface area contributed by atoms with E-state index in [1.54, 1.807) is 23.2 Å². The standard InChI is InChI=1S/C18H18ClN5O2/c1-23-8-7-21-17(23)15-11-20-6-9-24(15)18(25)14-10-16(26-22-14)12-4-2-3-5-13(12)19/h2-5,7-8,10,15,20H,6,9,11H2,1H3. The number of rotatable bonds is 3. The third kappa shape index (κ3) is 3.00. The predicted molar refractivity (Wildman–Crippen MR) is 96.8 cm³/mol. The van der Waals surface area contributed by atoms with Crippen LogP contribution in [0.25, 0.3) is 11.3 Å². The Morgan fingerprint density at radius 3 is 3.00 bits per heavy atom. The lowest BCUT2D eigenvalue weighted by Crippen LogP contribution is -2.49. The molecule has 1 amide bonds. The van der Waals surface area contributed by atoms with Gasteiger partial charge in [0.1, 0.15) is 11.9 Å². The Kier molecular flexibility index (Phi) is 4.48. The normalized spacial score (nSPS) is 17.5. The molecule has 2 aromatic heterocycles. The monoisotopic (exact) mass is 371 g/mol. The lowest BCUT2D eigenvalue weighted by Gasteiger charge is -2.35. The van der Waals surface area contributed by atoms with Crippen LogP contribution < -0.4 is 5.32 Å². The van der Waals surface area contributed by atoms with Gasteiger partial charge < -0.3 is 19.3 Å². The van der Waals surface area contributed by atoms with Crippen LogP contribution in [0.3, 0.4) is 0 Å². The number of halogens is 1. The first-order chi connectivity index (χ1) is 12.6. The third-order valence-corrected chi connectivity index (χ3v) is 4.86. The number of hydrogen-bond acceptors (Lipinski definition) is 5. The minimum Gasteiger partial charge on any atom is -0.355 e. The van der Waals surface area contributed by atoms with E-state index in [9.17, 15) is 4.79 Å². The van der Waals surface area contributed by atoms with Crippen molar-refractivity contribution < 1.29 is 9.32 Å². The molecule has 26 heavy (non-hydrogen) atoms. The molecule has 0 spiro atoms. The zero-order valence-corrected chi connectivity index (χ0v) is 15.0. The number of aryl methyl sites for hydroxylation is 1. The molecule has 3 aromatic rings. The van der Waals surface area contributed by atoms with E-state index in [1.165, 1.54) is 0 Å². The molecule has 0 bridgehead atoms. The molecule has 1 fully saturated rings. The van der Waals surface area contributed by atoms with Crippen molar-refractivity contribution in [3.05, 3.63) is 59.3 Å². The quantitative estimate of drug-likeness (QED) is 0.765. The fourth-order valence-electron chi connectivity index (χ4n) is 3.19. The van der Waals surface area contributed by atoms with Gasteiger partial charge in [0.15, 0.2) is 11.5 Å². The highest BCUT2D eigenvalue weighted by atomic mass is 35.5. The largest absolute Gasteiger partial charge is 0.355 e. The summed E-state index contributed by atoms with van der Waals surface area (Å²) in [5.41, 5.74) is 0.975. The lowest BCUT2D eigenvalue weighted by molar-refractivity contribution is 0.0610. The lowest BCUT2D eigenvalue weighted by atomic mass is 10.1. The fourth-order valence-corrected chi connectivity index (χ4v) is 3.42. The Hall–Kier alpha value is -2.64. The molecule has 0 saturated carbocycles. The van der Waals surface area contributed by atoms with E-state index in [0.717, 1.165) is 12.4 Å². The Morgan fingerprint density at radius 2 is 2.23 bits per heavy atom. The van der Waals surface area contributed by atoms with Gasteiger partial charge in [-0.15, -0.1) is 0 Å². The van der Waals surface area contributed by atoms with Crippen molar-refractivity contribution in [3.8, 4) is 11.3 Å². The highest BCUT2D eigenvalue weighted by molar-refractivity contribution is 6.33. The van der Waals surface area contributed by atoms with Crippen LogP contribution in [0.2, 0.25) is 5.02 Å². The molecule has 0 aliphatic carbocycles. The van der Waals surface area contributed by atoms with Gasteiger partial charge in [-0.05, 0) is 12.1 Å². The maximum absolute atomic E-state index is 13.1. The molecule has 1 aliphatic heterocycles. The molecule has 4 rings (SSSR count). The van der Waals surface area contributed by atoms with Crippen LogP contribution >= 0.6 is 11.6 Å². The average Bonchev–Trinajstić information content (AvgIpc) is 3.31. The topological polar surface area (TPSA) is 76.2 Å². The smallest absolute Gasteiger partial charge is 0.276 e. The van der Waals surface area contributed by atoms with Crippen molar-refractivity contribution in [1.29, 1.82) is 0 Å². The molecular weight excluding hydrogens is 354 g/mol. The Labute approximate surface area is 155 Å². The van der Waals surface area contributed by atoms with Gasteiger partial charge in [-0.1, -0.05) is 28.9 Å². The van der Waals surface area contributed by atoms with Gasteiger partial charge in [-0.3, -0.25) is 4.79 Å². The molecule has 1 unspecified atom stereocenters. The van der Waals surface area contributed by atoms with Crippen molar-refractivity contribution >= 4 is 17.5 Å². The number of imidazole rings is 1. The van der Waals surface area contributed by atoms with Crippen molar-refractivity contribution in [1.82, 2.24) is 24.9 Å². The first-order valence-corrected chi connectivity index (χ1v) is 8.73. The zero-order chi connectivity index (χ0) is 18.1. The molecule has 0 radical (unpaired) electrons. The molecule has 7 nitrogen and oxygen atoms in total. The summed E-state index contributed by atoms with van der Waals surface area (Å²) in [7, 11) is 1.92. The van der Waals surface area contributed by atoms with Crippen LogP contribution in [-0.2, 0) is 7.05 Å². The van der Waals surface area contributed by atoms with E-state index >= 15 is 0 Å². The summed E-state index contributed by atoms with van der Waals surface area (Å²) in [6.07, 6.45) is 3.61. The highest BCUT2D eigenvalue weighted by Gasteiger charge is 2.32. The molecule has 1 aliphatic rings. The number of nitrogens with zero attached hydrogens (tertiary/aromatic N) is 4. The summed E-state index contributed by atoms with van der Waals surface area (Å²) in [6, 6.07) is 8.79. The average molecular weight is 372 g/mol.